The zero-order valence-electron chi connectivity index (χ0n) is 5.94. The normalized spacial score (nSPS) is 10.6. The molecule has 1 rings (SSSR count). The van der Waals surface area contributed by atoms with Gasteiger partial charge in [-0.05, 0) is 30.6 Å². The number of carboxylic acids is 1. The molecule has 3 nitrogen and oxygen atoms in total. The largest absolute Gasteiger partial charge is 0.478 e. The van der Waals surface area contributed by atoms with Crippen LogP contribution in [-0.2, 0) is 4.79 Å². The first-order valence-electron chi connectivity index (χ1n) is 3.03. The molecule has 11 heavy (non-hydrogen) atoms. The fourth-order valence-electron chi connectivity index (χ4n) is 0.615. The second-order valence-electron chi connectivity index (χ2n) is 2.04. The van der Waals surface area contributed by atoms with E-state index in [1.807, 2.05) is 13.0 Å². The molecule has 1 aromatic rings. The highest BCUT2D eigenvalue weighted by molar-refractivity contribution is 7.06. The Hall–Kier alpha value is -1.16. The third-order valence-electron chi connectivity index (χ3n) is 1.04. The van der Waals surface area contributed by atoms with Crippen LogP contribution in [0.3, 0.4) is 0 Å². The van der Waals surface area contributed by atoms with Gasteiger partial charge in [0.25, 0.3) is 0 Å². The molecule has 58 valence electrons. The molecule has 0 unspecified atom stereocenters. The lowest BCUT2D eigenvalue weighted by Gasteiger charge is -1.77. The molecule has 4 heteroatoms. The number of carbonyl (C=O) groups is 1. The summed E-state index contributed by atoms with van der Waals surface area (Å²) in [5, 5.41) is 8.28. The molecule has 0 saturated carbocycles. The fourth-order valence-corrected chi connectivity index (χ4v) is 1.27. The monoisotopic (exact) mass is 169 g/mol. The van der Waals surface area contributed by atoms with E-state index in [1.165, 1.54) is 17.6 Å². The van der Waals surface area contributed by atoms with Gasteiger partial charge in [-0.2, -0.15) is 4.37 Å². The summed E-state index contributed by atoms with van der Waals surface area (Å²) in [6.07, 6.45) is 2.64. The van der Waals surface area contributed by atoms with Gasteiger partial charge in [0.05, 0.1) is 5.69 Å². The molecule has 0 amide bonds. The van der Waals surface area contributed by atoms with Gasteiger partial charge in [0.1, 0.15) is 0 Å². The molecular formula is C7H7NO2S. The number of aromatic nitrogens is 1. The van der Waals surface area contributed by atoms with Crippen LogP contribution >= 0.6 is 11.5 Å². The molecule has 1 heterocycles. The maximum Gasteiger partial charge on any atom is 0.328 e. The quantitative estimate of drug-likeness (QED) is 0.683. The SMILES string of the molecule is Cc1cc(C=CC(=O)O)sn1. The Bertz CT molecular complexity index is 290. The van der Waals surface area contributed by atoms with Crippen LogP contribution in [0.1, 0.15) is 10.6 Å². The minimum Gasteiger partial charge on any atom is -0.478 e. The van der Waals surface area contributed by atoms with Gasteiger partial charge in [-0.15, -0.1) is 0 Å². The van der Waals surface area contributed by atoms with Crippen molar-refractivity contribution in [2.45, 2.75) is 6.92 Å². The van der Waals surface area contributed by atoms with E-state index < -0.39 is 5.97 Å². The van der Waals surface area contributed by atoms with Crippen LogP contribution in [-0.4, -0.2) is 15.4 Å². The lowest BCUT2D eigenvalue weighted by molar-refractivity contribution is -0.131. The number of hydrogen-bond donors (Lipinski definition) is 1. The minimum atomic E-state index is -0.934. The number of hydrogen-bond acceptors (Lipinski definition) is 3. The van der Waals surface area contributed by atoms with Crippen LogP contribution in [0.5, 0.6) is 0 Å². The first kappa shape index (κ1) is 7.94. The van der Waals surface area contributed by atoms with Gasteiger partial charge in [0.15, 0.2) is 0 Å². The molecule has 0 spiro atoms. The number of aliphatic carboxylic acids is 1. The van der Waals surface area contributed by atoms with Gasteiger partial charge >= 0.3 is 5.97 Å². The molecule has 0 bridgehead atoms. The minimum absolute atomic E-state index is 0.866. The first-order chi connectivity index (χ1) is 5.18. The van der Waals surface area contributed by atoms with Crippen LogP contribution in [0.4, 0.5) is 0 Å². The first-order valence-corrected chi connectivity index (χ1v) is 3.80. The number of carboxylic acid groups (broad SMARTS) is 1. The van der Waals surface area contributed by atoms with Crippen molar-refractivity contribution >= 4 is 23.6 Å². The summed E-state index contributed by atoms with van der Waals surface area (Å²) >= 11 is 1.29. The van der Waals surface area contributed by atoms with E-state index in [0.717, 1.165) is 16.6 Å². The summed E-state index contributed by atoms with van der Waals surface area (Å²) in [5.74, 6) is -0.934. The van der Waals surface area contributed by atoms with E-state index in [-0.39, 0.29) is 0 Å². The van der Waals surface area contributed by atoms with Crippen molar-refractivity contribution in [2.24, 2.45) is 0 Å². The van der Waals surface area contributed by atoms with Gasteiger partial charge in [0, 0.05) is 11.0 Å². The van der Waals surface area contributed by atoms with Crippen molar-refractivity contribution in [2.75, 3.05) is 0 Å². The number of rotatable bonds is 2. The van der Waals surface area contributed by atoms with Crippen LogP contribution in [0.15, 0.2) is 12.1 Å². The van der Waals surface area contributed by atoms with Gasteiger partial charge in [-0.25, -0.2) is 4.79 Å². The molecule has 1 N–H and O–H groups in total. The Morgan fingerprint density at radius 2 is 2.55 bits per heavy atom. The maximum absolute atomic E-state index is 10.1. The van der Waals surface area contributed by atoms with E-state index in [2.05, 4.69) is 4.37 Å². The standard InChI is InChI=1S/C7H7NO2S/c1-5-4-6(11-8-5)2-3-7(9)10/h2-4H,1H3,(H,9,10). The summed E-state index contributed by atoms with van der Waals surface area (Å²) < 4.78 is 3.99. The van der Waals surface area contributed by atoms with Gasteiger partial charge in [0.2, 0.25) is 0 Å². The van der Waals surface area contributed by atoms with Crippen molar-refractivity contribution in [1.29, 1.82) is 0 Å². The van der Waals surface area contributed by atoms with E-state index in [1.54, 1.807) is 0 Å². The van der Waals surface area contributed by atoms with E-state index in [9.17, 15) is 4.79 Å². The summed E-state index contributed by atoms with van der Waals surface area (Å²) in [6, 6.07) is 1.84. The predicted molar refractivity (Wildman–Crippen MR) is 43.5 cm³/mol. The maximum atomic E-state index is 10.1. The summed E-state index contributed by atoms with van der Waals surface area (Å²) in [7, 11) is 0. The Balaban J connectivity index is 2.71. The third kappa shape index (κ3) is 2.51. The zero-order valence-corrected chi connectivity index (χ0v) is 6.76. The molecule has 0 radical (unpaired) electrons. The molecule has 0 aliphatic carbocycles. The van der Waals surface area contributed by atoms with Crippen molar-refractivity contribution in [3.63, 3.8) is 0 Å². The third-order valence-corrected chi connectivity index (χ3v) is 1.88. The Kier molecular flexibility index (Phi) is 2.38. The van der Waals surface area contributed by atoms with Crippen molar-refractivity contribution in [1.82, 2.24) is 4.37 Å². The Morgan fingerprint density at radius 1 is 1.82 bits per heavy atom. The second kappa shape index (κ2) is 3.30. The molecular weight excluding hydrogens is 162 g/mol. The average Bonchev–Trinajstić information content (AvgIpc) is 2.31. The predicted octanol–water partition coefficient (Wildman–Crippen LogP) is 1.55. The highest BCUT2D eigenvalue weighted by Crippen LogP contribution is 2.10. The smallest absolute Gasteiger partial charge is 0.328 e. The number of aryl methyl sites for hydroxylation is 1. The van der Waals surface area contributed by atoms with Gasteiger partial charge in [-0.1, -0.05) is 0 Å². The van der Waals surface area contributed by atoms with E-state index in [0.29, 0.717) is 0 Å². The van der Waals surface area contributed by atoms with Crippen LogP contribution < -0.4 is 0 Å². The lowest BCUT2D eigenvalue weighted by atomic mass is 10.4. The van der Waals surface area contributed by atoms with Crippen molar-refractivity contribution < 1.29 is 9.90 Å². The highest BCUT2D eigenvalue weighted by Gasteiger charge is 1.93. The molecule has 0 aliphatic rings. The molecule has 0 aliphatic heterocycles. The molecule has 0 aromatic carbocycles. The van der Waals surface area contributed by atoms with Crippen molar-refractivity contribution in [3.05, 3.63) is 22.7 Å². The molecule has 0 fully saturated rings. The van der Waals surface area contributed by atoms with Crippen LogP contribution in [0, 0.1) is 6.92 Å². The zero-order chi connectivity index (χ0) is 8.27. The molecule has 0 saturated heterocycles. The van der Waals surface area contributed by atoms with Gasteiger partial charge < -0.3 is 5.11 Å². The van der Waals surface area contributed by atoms with E-state index in [4.69, 9.17) is 5.11 Å². The topological polar surface area (TPSA) is 50.2 Å². The Labute approximate surface area is 68.2 Å². The summed E-state index contributed by atoms with van der Waals surface area (Å²) in [6.45, 7) is 1.87. The lowest BCUT2D eigenvalue weighted by Crippen LogP contribution is -1.84. The summed E-state index contributed by atoms with van der Waals surface area (Å²) in [4.78, 5) is 10.9. The van der Waals surface area contributed by atoms with Crippen LogP contribution in [0.25, 0.3) is 6.08 Å². The van der Waals surface area contributed by atoms with Crippen molar-refractivity contribution in [3.8, 4) is 0 Å². The Morgan fingerprint density at radius 3 is 3.00 bits per heavy atom. The second-order valence-corrected chi connectivity index (χ2v) is 2.88. The van der Waals surface area contributed by atoms with Crippen LogP contribution in [0.2, 0.25) is 0 Å². The molecule has 0 atom stereocenters. The summed E-state index contributed by atoms with van der Waals surface area (Å²) in [5.41, 5.74) is 0.917. The highest BCUT2D eigenvalue weighted by atomic mass is 32.1. The van der Waals surface area contributed by atoms with E-state index >= 15 is 0 Å². The van der Waals surface area contributed by atoms with Gasteiger partial charge in [-0.3, -0.25) is 0 Å². The average molecular weight is 169 g/mol. The fraction of sp³-hybridized carbons (Fsp3) is 0.143. The molecule has 1 aromatic heterocycles. The number of nitrogens with zero attached hydrogens (tertiary/aromatic N) is 1.